The largest absolute Gasteiger partial charge is 0.508 e. The molecule has 0 aromatic heterocycles. The average molecular weight is 392 g/mol. The van der Waals surface area contributed by atoms with Gasteiger partial charge in [0.25, 0.3) is 0 Å². The summed E-state index contributed by atoms with van der Waals surface area (Å²) >= 11 is 0. The fourth-order valence-electron chi connectivity index (χ4n) is 3.04. The molecule has 0 aliphatic carbocycles. The van der Waals surface area contributed by atoms with Crippen LogP contribution in [0.15, 0.2) is 24.3 Å². The summed E-state index contributed by atoms with van der Waals surface area (Å²) < 4.78 is 81.2. The molecular weight excluding hydrogens is 374 g/mol. The molecule has 0 fully saturated rings. The van der Waals surface area contributed by atoms with Gasteiger partial charge in [-0.2, -0.15) is 26.3 Å². The third-order valence-corrected chi connectivity index (χ3v) is 4.63. The summed E-state index contributed by atoms with van der Waals surface area (Å²) in [5.74, 6) is -0.924. The highest BCUT2D eigenvalue weighted by Gasteiger charge is 2.43. The lowest BCUT2D eigenvalue weighted by molar-refractivity contribution is -0.139. The highest BCUT2D eigenvalue weighted by atomic mass is 19.4. The molecule has 148 valence electrons. The molecule has 8 heteroatoms. The first-order chi connectivity index (χ1) is 12.1. The number of phenols is 2. The molecule has 0 unspecified atom stereocenters. The maximum atomic E-state index is 13.5. The van der Waals surface area contributed by atoms with Crippen molar-refractivity contribution in [1.82, 2.24) is 0 Å². The Hall–Kier alpha value is -2.38. The topological polar surface area (TPSA) is 40.5 Å². The van der Waals surface area contributed by atoms with Gasteiger partial charge in [0.2, 0.25) is 0 Å². The van der Waals surface area contributed by atoms with Crippen molar-refractivity contribution in [2.24, 2.45) is 0 Å². The summed E-state index contributed by atoms with van der Waals surface area (Å²) in [6, 6.07) is 3.06. The molecule has 0 radical (unpaired) electrons. The first-order valence-corrected chi connectivity index (χ1v) is 7.89. The summed E-state index contributed by atoms with van der Waals surface area (Å²) in [6.45, 7) is 4.90. The van der Waals surface area contributed by atoms with Gasteiger partial charge in [-0.1, -0.05) is 13.8 Å². The Morgan fingerprint density at radius 1 is 0.593 bits per heavy atom. The molecule has 0 aliphatic heterocycles. The van der Waals surface area contributed by atoms with Gasteiger partial charge in [-0.15, -0.1) is 0 Å². The zero-order chi connectivity index (χ0) is 20.9. The molecular formula is C19H18F6O2. The van der Waals surface area contributed by atoms with E-state index in [9.17, 15) is 36.6 Å². The van der Waals surface area contributed by atoms with E-state index in [-0.39, 0.29) is 11.1 Å². The Bertz CT molecular complexity index is 808. The van der Waals surface area contributed by atoms with Crippen LogP contribution in [0.2, 0.25) is 0 Å². The Balaban J connectivity index is 2.89. The fraction of sp³-hybridized carbons (Fsp3) is 0.368. The minimum Gasteiger partial charge on any atom is -0.508 e. The van der Waals surface area contributed by atoms with Crippen LogP contribution in [0.1, 0.15) is 47.2 Å². The molecule has 2 N–H and O–H groups in total. The van der Waals surface area contributed by atoms with Crippen LogP contribution in [0.25, 0.3) is 0 Å². The second-order valence-corrected chi connectivity index (χ2v) is 6.99. The number of hydrogen-bond acceptors (Lipinski definition) is 2. The molecule has 0 bridgehead atoms. The van der Waals surface area contributed by atoms with E-state index in [2.05, 4.69) is 0 Å². The molecule has 0 saturated carbocycles. The number of hydrogen-bond donors (Lipinski definition) is 2. The van der Waals surface area contributed by atoms with E-state index in [1.165, 1.54) is 27.7 Å². The normalized spacial score (nSPS) is 13.1. The van der Waals surface area contributed by atoms with Crippen LogP contribution in [-0.4, -0.2) is 10.2 Å². The molecule has 0 heterocycles. The van der Waals surface area contributed by atoms with Crippen LogP contribution >= 0.6 is 0 Å². The Morgan fingerprint density at radius 3 is 1.15 bits per heavy atom. The highest BCUT2D eigenvalue weighted by Crippen LogP contribution is 2.47. The number of aryl methyl sites for hydroxylation is 2. The van der Waals surface area contributed by atoms with Crippen molar-refractivity contribution in [3.8, 4) is 11.5 Å². The third kappa shape index (κ3) is 3.84. The standard InChI is InChI=1S/C19H18F6O2/c1-9-5-13(18(20,21)22)11(7-15(9)26)17(3,4)12-8-16(27)10(2)6-14(12)19(23,24)25/h5-8,26-27H,1-4H3. The van der Waals surface area contributed by atoms with Crippen molar-refractivity contribution in [2.75, 3.05) is 0 Å². The second-order valence-electron chi connectivity index (χ2n) is 6.99. The van der Waals surface area contributed by atoms with Crippen molar-refractivity contribution in [1.29, 1.82) is 0 Å². The Labute approximate surface area is 152 Å². The number of halogens is 6. The lowest BCUT2D eigenvalue weighted by Gasteiger charge is -2.32. The van der Waals surface area contributed by atoms with Crippen molar-refractivity contribution >= 4 is 0 Å². The zero-order valence-corrected chi connectivity index (χ0v) is 15.0. The van der Waals surface area contributed by atoms with Gasteiger partial charge in [0.05, 0.1) is 11.1 Å². The minimum absolute atomic E-state index is 0.0512. The number of alkyl halides is 6. The predicted octanol–water partition coefficient (Wildman–Crippen LogP) is 6.08. The van der Waals surface area contributed by atoms with Crippen LogP contribution in [0, 0.1) is 13.8 Å². The van der Waals surface area contributed by atoms with E-state index < -0.39 is 51.5 Å². The van der Waals surface area contributed by atoms with Gasteiger partial charge in [0.15, 0.2) is 0 Å². The first kappa shape index (κ1) is 20.9. The van der Waals surface area contributed by atoms with Crippen molar-refractivity contribution in [2.45, 2.75) is 45.5 Å². The van der Waals surface area contributed by atoms with Gasteiger partial charge >= 0.3 is 12.4 Å². The van der Waals surface area contributed by atoms with E-state index in [1.807, 2.05) is 0 Å². The number of aromatic hydroxyl groups is 2. The van der Waals surface area contributed by atoms with Crippen LogP contribution in [0.5, 0.6) is 11.5 Å². The molecule has 2 rings (SSSR count). The van der Waals surface area contributed by atoms with E-state index in [1.54, 1.807) is 0 Å². The Kier molecular flexibility index (Phi) is 4.92. The lowest BCUT2D eigenvalue weighted by atomic mass is 9.73. The SMILES string of the molecule is Cc1cc(C(F)(F)F)c(C(C)(C)c2cc(O)c(C)cc2C(F)(F)F)cc1O. The lowest BCUT2D eigenvalue weighted by Crippen LogP contribution is -2.27. The summed E-state index contributed by atoms with van der Waals surface area (Å²) in [7, 11) is 0. The quantitative estimate of drug-likeness (QED) is 0.609. The van der Waals surface area contributed by atoms with Gasteiger partial charge in [0.1, 0.15) is 11.5 Å². The monoisotopic (exact) mass is 392 g/mol. The van der Waals surface area contributed by atoms with Crippen LogP contribution in [0.3, 0.4) is 0 Å². The smallest absolute Gasteiger partial charge is 0.416 e. The van der Waals surface area contributed by atoms with Crippen molar-refractivity contribution in [3.63, 3.8) is 0 Å². The highest BCUT2D eigenvalue weighted by molar-refractivity contribution is 5.54. The van der Waals surface area contributed by atoms with E-state index in [0.29, 0.717) is 12.1 Å². The predicted molar refractivity (Wildman–Crippen MR) is 87.8 cm³/mol. The maximum absolute atomic E-state index is 13.5. The number of phenolic OH excluding ortho intramolecular Hbond substituents is 2. The minimum atomic E-state index is -4.84. The van der Waals surface area contributed by atoms with Gasteiger partial charge in [-0.25, -0.2) is 0 Å². The van der Waals surface area contributed by atoms with Gasteiger partial charge in [-0.05, 0) is 60.4 Å². The van der Waals surface area contributed by atoms with Crippen LogP contribution in [-0.2, 0) is 17.8 Å². The van der Waals surface area contributed by atoms with Gasteiger partial charge in [0, 0.05) is 5.41 Å². The number of rotatable bonds is 2. The van der Waals surface area contributed by atoms with Gasteiger partial charge < -0.3 is 10.2 Å². The maximum Gasteiger partial charge on any atom is 0.416 e. The first-order valence-electron chi connectivity index (χ1n) is 7.89. The summed E-state index contributed by atoms with van der Waals surface area (Å²) in [5, 5.41) is 19.8. The fourth-order valence-corrected chi connectivity index (χ4v) is 3.04. The summed E-state index contributed by atoms with van der Waals surface area (Å²) in [4.78, 5) is 0. The number of benzene rings is 2. The van der Waals surface area contributed by atoms with Crippen molar-refractivity contribution < 1.29 is 36.6 Å². The molecule has 0 spiro atoms. The van der Waals surface area contributed by atoms with Crippen LogP contribution < -0.4 is 0 Å². The molecule has 27 heavy (non-hydrogen) atoms. The zero-order valence-electron chi connectivity index (χ0n) is 15.0. The molecule has 2 aromatic rings. The molecule has 2 aromatic carbocycles. The van der Waals surface area contributed by atoms with E-state index >= 15 is 0 Å². The molecule has 0 amide bonds. The van der Waals surface area contributed by atoms with Crippen molar-refractivity contribution in [3.05, 3.63) is 57.6 Å². The second kappa shape index (κ2) is 6.35. The average Bonchev–Trinajstić information content (AvgIpc) is 2.49. The Morgan fingerprint density at radius 2 is 0.889 bits per heavy atom. The molecule has 2 nitrogen and oxygen atoms in total. The van der Waals surface area contributed by atoms with E-state index in [4.69, 9.17) is 0 Å². The summed E-state index contributed by atoms with van der Waals surface area (Å²) in [5.41, 5.74) is -5.24. The van der Waals surface area contributed by atoms with Gasteiger partial charge in [-0.3, -0.25) is 0 Å². The third-order valence-electron chi connectivity index (χ3n) is 4.63. The van der Waals surface area contributed by atoms with E-state index in [0.717, 1.165) is 12.1 Å². The molecule has 0 saturated heterocycles. The van der Waals surface area contributed by atoms with Crippen LogP contribution in [0.4, 0.5) is 26.3 Å². The molecule has 0 aliphatic rings. The molecule has 0 atom stereocenters. The summed E-state index contributed by atoms with van der Waals surface area (Å²) in [6.07, 6.45) is -9.67.